The highest BCUT2D eigenvalue weighted by molar-refractivity contribution is 5.97. The zero-order valence-electron chi connectivity index (χ0n) is 15.1. The number of carbonyl (C=O) groups excluding carboxylic acids is 2. The Morgan fingerprint density at radius 2 is 1.93 bits per heavy atom. The Labute approximate surface area is 157 Å². The summed E-state index contributed by atoms with van der Waals surface area (Å²) >= 11 is 0. The number of ketones is 2. The van der Waals surface area contributed by atoms with E-state index in [4.69, 9.17) is 4.74 Å². The van der Waals surface area contributed by atoms with E-state index in [0.717, 1.165) is 18.4 Å². The molecule has 0 bridgehead atoms. The molecule has 140 valence electrons. The molecule has 2 aromatic carbocycles. The number of hydrogen-bond acceptors (Lipinski definition) is 5. The van der Waals surface area contributed by atoms with Gasteiger partial charge in [0.05, 0.1) is 12.0 Å². The van der Waals surface area contributed by atoms with E-state index in [9.17, 15) is 19.7 Å². The van der Waals surface area contributed by atoms with Gasteiger partial charge in [0.15, 0.2) is 5.78 Å². The molecule has 2 aromatic rings. The van der Waals surface area contributed by atoms with Gasteiger partial charge in [-0.3, -0.25) is 19.7 Å². The maximum Gasteiger partial charge on any atom is 0.269 e. The Kier molecular flexibility index (Phi) is 5.64. The molecule has 0 aromatic heterocycles. The number of non-ortho nitro benzene ring substituents is 1. The van der Waals surface area contributed by atoms with Crippen LogP contribution in [0.25, 0.3) is 0 Å². The van der Waals surface area contributed by atoms with Gasteiger partial charge < -0.3 is 4.74 Å². The molecular formula is C21H21NO5. The molecule has 1 aliphatic rings. The van der Waals surface area contributed by atoms with E-state index in [0.29, 0.717) is 17.7 Å². The van der Waals surface area contributed by atoms with Gasteiger partial charge in [-0.05, 0) is 36.6 Å². The first kappa shape index (κ1) is 18.8. The van der Waals surface area contributed by atoms with Gasteiger partial charge in [-0.25, -0.2) is 0 Å². The van der Waals surface area contributed by atoms with Crippen molar-refractivity contribution in [2.45, 2.75) is 31.6 Å². The van der Waals surface area contributed by atoms with Gasteiger partial charge >= 0.3 is 0 Å². The SMILES string of the molecule is COc1ccccc1[C@@H](CC(=O)c1ccc([N+](=O)[O-])cc1)[C@@H]1CCCC1=O. The van der Waals surface area contributed by atoms with Gasteiger partial charge in [-0.15, -0.1) is 0 Å². The summed E-state index contributed by atoms with van der Waals surface area (Å²) in [6, 6.07) is 13.1. The predicted molar refractivity (Wildman–Crippen MR) is 100 cm³/mol. The van der Waals surface area contributed by atoms with Crippen molar-refractivity contribution in [2.24, 2.45) is 5.92 Å². The number of ether oxygens (including phenoxy) is 1. The molecular weight excluding hydrogens is 346 g/mol. The minimum atomic E-state index is -0.497. The normalized spacial score (nSPS) is 17.5. The van der Waals surface area contributed by atoms with Gasteiger partial charge in [0, 0.05) is 42.4 Å². The van der Waals surface area contributed by atoms with Gasteiger partial charge in [-0.1, -0.05) is 18.2 Å². The lowest BCUT2D eigenvalue weighted by atomic mass is 9.79. The maximum absolute atomic E-state index is 12.9. The molecule has 1 fully saturated rings. The highest BCUT2D eigenvalue weighted by atomic mass is 16.6. The number of nitrogens with zero attached hydrogens (tertiary/aromatic N) is 1. The van der Waals surface area contributed by atoms with E-state index in [1.807, 2.05) is 24.3 Å². The lowest BCUT2D eigenvalue weighted by Crippen LogP contribution is -2.21. The number of nitro benzene ring substituents is 1. The number of nitro groups is 1. The second kappa shape index (κ2) is 8.12. The summed E-state index contributed by atoms with van der Waals surface area (Å²) in [5, 5.41) is 10.8. The summed E-state index contributed by atoms with van der Waals surface area (Å²) in [4.78, 5) is 35.5. The summed E-state index contributed by atoms with van der Waals surface area (Å²) < 4.78 is 5.45. The molecule has 0 saturated heterocycles. The predicted octanol–water partition coefficient (Wildman–Crippen LogP) is 4.33. The van der Waals surface area contributed by atoms with Crippen LogP contribution in [0.4, 0.5) is 5.69 Å². The second-order valence-electron chi connectivity index (χ2n) is 6.74. The first-order valence-electron chi connectivity index (χ1n) is 8.94. The van der Waals surface area contributed by atoms with Crippen LogP contribution in [0.1, 0.15) is 47.5 Å². The van der Waals surface area contributed by atoms with Crippen LogP contribution in [-0.4, -0.2) is 23.6 Å². The van der Waals surface area contributed by atoms with E-state index in [1.165, 1.54) is 24.3 Å². The smallest absolute Gasteiger partial charge is 0.269 e. The Morgan fingerprint density at radius 3 is 2.52 bits per heavy atom. The van der Waals surface area contributed by atoms with Crippen molar-refractivity contribution < 1.29 is 19.2 Å². The van der Waals surface area contributed by atoms with Crippen molar-refractivity contribution in [3.8, 4) is 5.75 Å². The summed E-state index contributed by atoms with van der Waals surface area (Å²) in [5.41, 5.74) is 1.21. The third-order valence-electron chi connectivity index (χ3n) is 5.18. The van der Waals surface area contributed by atoms with Crippen molar-refractivity contribution in [3.05, 3.63) is 69.8 Å². The van der Waals surface area contributed by atoms with Crippen LogP contribution < -0.4 is 4.74 Å². The molecule has 1 aliphatic carbocycles. The van der Waals surface area contributed by atoms with Crippen molar-refractivity contribution in [3.63, 3.8) is 0 Å². The highest BCUT2D eigenvalue weighted by Gasteiger charge is 2.35. The molecule has 0 heterocycles. The largest absolute Gasteiger partial charge is 0.496 e. The molecule has 3 rings (SSSR count). The van der Waals surface area contributed by atoms with Crippen molar-refractivity contribution in [1.29, 1.82) is 0 Å². The van der Waals surface area contributed by atoms with Crippen molar-refractivity contribution in [1.82, 2.24) is 0 Å². The molecule has 0 aliphatic heterocycles. The molecule has 6 nitrogen and oxygen atoms in total. The summed E-state index contributed by atoms with van der Waals surface area (Å²) in [6.07, 6.45) is 2.30. The monoisotopic (exact) mass is 367 g/mol. The van der Waals surface area contributed by atoms with Crippen LogP contribution in [0.15, 0.2) is 48.5 Å². The topological polar surface area (TPSA) is 86.5 Å². The lowest BCUT2D eigenvalue weighted by molar-refractivity contribution is -0.384. The number of hydrogen-bond donors (Lipinski definition) is 0. The fourth-order valence-corrected chi connectivity index (χ4v) is 3.80. The third kappa shape index (κ3) is 4.05. The lowest BCUT2D eigenvalue weighted by Gasteiger charge is -2.24. The van der Waals surface area contributed by atoms with E-state index < -0.39 is 4.92 Å². The number of benzene rings is 2. The molecule has 0 spiro atoms. The standard InChI is InChI=1S/C21H21NO5/c1-27-21-8-3-2-5-17(21)18(16-6-4-7-19(16)23)13-20(24)14-9-11-15(12-10-14)22(25)26/h2-3,5,8-12,16,18H,4,6-7,13H2,1H3/t16-,18-/m0/s1. The second-order valence-corrected chi connectivity index (χ2v) is 6.74. The number of carbonyl (C=O) groups is 2. The average Bonchev–Trinajstić information content (AvgIpc) is 3.11. The van der Waals surface area contributed by atoms with Gasteiger partial charge in [-0.2, -0.15) is 0 Å². The van der Waals surface area contributed by atoms with Crippen molar-refractivity contribution >= 4 is 17.3 Å². The number of Topliss-reactive ketones (excluding diaryl/α,β-unsaturated/α-hetero) is 2. The van der Waals surface area contributed by atoms with Crippen LogP contribution in [0.3, 0.4) is 0 Å². The molecule has 2 atom stereocenters. The van der Waals surface area contributed by atoms with Crippen molar-refractivity contribution in [2.75, 3.05) is 7.11 Å². The fourth-order valence-electron chi connectivity index (χ4n) is 3.80. The zero-order chi connectivity index (χ0) is 19.4. The number of rotatable bonds is 7. The first-order chi connectivity index (χ1) is 13.0. The minimum Gasteiger partial charge on any atom is -0.496 e. The minimum absolute atomic E-state index is 0.0567. The fraction of sp³-hybridized carbons (Fsp3) is 0.333. The highest BCUT2D eigenvalue weighted by Crippen LogP contribution is 2.41. The van der Waals surface area contributed by atoms with E-state index in [2.05, 4.69) is 0 Å². The zero-order valence-corrected chi connectivity index (χ0v) is 15.1. The van der Waals surface area contributed by atoms with Crippen LogP contribution in [0, 0.1) is 16.0 Å². The van der Waals surface area contributed by atoms with Gasteiger partial charge in [0.1, 0.15) is 11.5 Å². The molecule has 6 heteroatoms. The number of para-hydroxylation sites is 1. The Morgan fingerprint density at radius 1 is 1.22 bits per heavy atom. The Bertz CT molecular complexity index is 859. The van der Waals surface area contributed by atoms with Crippen LogP contribution >= 0.6 is 0 Å². The molecule has 0 unspecified atom stereocenters. The molecule has 0 N–H and O–H groups in total. The van der Waals surface area contributed by atoms with Crippen LogP contribution in [0.2, 0.25) is 0 Å². The summed E-state index contributed by atoms with van der Waals surface area (Å²) in [6.45, 7) is 0. The van der Waals surface area contributed by atoms with Gasteiger partial charge in [0.2, 0.25) is 0 Å². The summed E-state index contributed by atoms with van der Waals surface area (Å²) in [5.74, 6) is 0.240. The number of methoxy groups -OCH3 is 1. The molecule has 27 heavy (non-hydrogen) atoms. The Balaban J connectivity index is 1.90. The van der Waals surface area contributed by atoms with Crippen LogP contribution in [0.5, 0.6) is 5.75 Å². The molecule has 0 radical (unpaired) electrons. The third-order valence-corrected chi connectivity index (χ3v) is 5.18. The summed E-state index contributed by atoms with van der Waals surface area (Å²) in [7, 11) is 1.57. The average molecular weight is 367 g/mol. The molecule has 0 amide bonds. The van der Waals surface area contributed by atoms with E-state index >= 15 is 0 Å². The Hall–Kier alpha value is -3.02. The van der Waals surface area contributed by atoms with E-state index in [1.54, 1.807) is 7.11 Å². The van der Waals surface area contributed by atoms with Gasteiger partial charge in [0.25, 0.3) is 5.69 Å². The first-order valence-corrected chi connectivity index (χ1v) is 8.94. The maximum atomic E-state index is 12.9. The van der Waals surface area contributed by atoms with Crippen LogP contribution in [-0.2, 0) is 4.79 Å². The molecule has 1 saturated carbocycles. The van der Waals surface area contributed by atoms with E-state index in [-0.39, 0.29) is 35.5 Å². The quantitative estimate of drug-likeness (QED) is 0.413.